The first-order valence-corrected chi connectivity index (χ1v) is 5.20. The van der Waals surface area contributed by atoms with Gasteiger partial charge in [-0.25, -0.2) is 0 Å². The van der Waals surface area contributed by atoms with Crippen molar-refractivity contribution in [1.82, 2.24) is 4.98 Å². The van der Waals surface area contributed by atoms with E-state index in [9.17, 15) is 10.2 Å². The minimum atomic E-state index is -1.03. The first-order valence-electron chi connectivity index (χ1n) is 4.66. The van der Waals surface area contributed by atoms with Crippen LogP contribution in [-0.2, 0) is 6.61 Å². The standard InChI is InChI=1S/C10H14ClNO3/c11-4-3-9(14)10(15)8-2-1-7(6-13)5-12-8/h1-2,5,9-10,13-15H,3-4,6H2. The highest BCUT2D eigenvalue weighted by atomic mass is 35.5. The van der Waals surface area contributed by atoms with E-state index in [1.807, 2.05) is 0 Å². The van der Waals surface area contributed by atoms with E-state index in [4.69, 9.17) is 16.7 Å². The van der Waals surface area contributed by atoms with Gasteiger partial charge in [-0.15, -0.1) is 11.6 Å². The first-order chi connectivity index (χ1) is 7.19. The fourth-order valence-electron chi connectivity index (χ4n) is 1.17. The normalized spacial score (nSPS) is 14.9. The van der Waals surface area contributed by atoms with Crippen LogP contribution in [0.25, 0.3) is 0 Å². The Morgan fingerprint density at radius 2 is 2.07 bits per heavy atom. The van der Waals surface area contributed by atoms with Crippen molar-refractivity contribution in [2.75, 3.05) is 5.88 Å². The summed E-state index contributed by atoms with van der Waals surface area (Å²) in [7, 11) is 0. The van der Waals surface area contributed by atoms with Crippen LogP contribution in [0.15, 0.2) is 18.3 Å². The molecule has 1 rings (SSSR count). The Hall–Kier alpha value is -0.680. The largest absolute Gasteiger partial charge is 0.392 e. The van der Waals surface area contributed by atoms with E-state index < -0.39 is 12.2 Å². The Kier molecular flexibility index (Phi) is 4.98. The second-order valence-corrected chi connectivity index (χ2v) is 3.62. The van der Waals surface area contributed by atoms with Crippen LogP contribution in [0, 0.1) is 0 Å². The Labute approximate surface area is 93.2 Å². The molecular formula is C10H14ClNO3. The summed E-state index contributed by atoms with van der Waals surface area (Å²) in [6.45, 7) is -0.0897. The Bertz CT molecular complexity index is 291. The third-order valence-corrected chi connectivity index (χ3v) is 2.32. The molecule has 0 aliphatic heterocycles. The van der Waals surface area contributed by atoms with Crippen molar-refractivity contribution in [3.8, 4) is 0 Å². The zero-order chi connectivity index (χ0) is 11.3. The van der Waals surface area contributed by atoms with Crippen molar-refractivity contribution in [2.45, 2.75) is 25.2 Å². The summed E-state index contributed by atoms with van der Waals surface area (Å²) in [6.07, 6.45) is -0.163. The lowest BCUT2D eigenvalue weighted by atomic mass is 10.1. The van der Waals surface area contributed by atoms with E-state index in [2.05, 4.69) is 4.98 Å². The number of alkyl halides is 1. The van der Waals surface area contributed by atoms with Gasteiger partial charge in [-0.3, -0.25) is 4.98 Å². The monoisotopic (exact) mass is 231 g/mol. The number of halogens is 1. The highest BCUT2D eigenvalue weighted by molar-refractivity contribution is 6.17. The molecule has 0 spiro atoms. The Morgan fingerprint density at radius 3 is 2.53 bits per heavy atom. The van der Waals surface area contributed by atoms with Gasteiger partial charge in [0.05, 0.1) is 18.4 Å². The molecule has 84 valence electrons. The van der Waals surface area contributed by atoms with Crippen LogP contribution in [0.4, 0.5) is 0 Å². The zero-order valence-electron chi connectivity index (χ0n) is 8.17. The number of hydrogen-bond acceptors (Lipinski definition) is 4. The van der Waals surface area contributed by atoms with E-state index in [0.717, 1.165) is 0 Å². The number of rotatable bonds is 5. The molecule has 5 heteroatoms. The zero-order valence-corrected chi connectivity index (χ0v) is 8.93. The topological polar surface area (TPSA) is 73.6 Å². The predicted octanol–water partition coefficient (Wildman–Crippen LogP) is 0.597. The van der Waals surface area contributed by atoms with Gasteiger partial charge in [-0.2, -0.15) is 0 Å². The minimum absolute atomic E-state index is 0.0897. The van der Waals surface area contributed by atoms with Crippen molar-refractivity contribution in [2.24, 2.45) is 0 Å². The highest BCUT2D eigenvalue weighted by Gasteiger charge is 2.18. The van der Waals surface area contributed by atoms with E-state index in [-0.39, 0.29) is 12.5 Å². The van der Waals surface area contributed by atoms with Crippen LogP contribution in [0.3, 0.4) is 0 Å². The summed E-state index contributed by atoms with van der Waals surface area (Å²) in [5.74, 6) is 0.285. The molecule has 1 aromatic rings. The van der Waals surface area contributed by atoms with Crippen LogP contribution in [0.5, 0.6) is 0 Å². The lowest BCUT2D eigenvalue weighted by Crippen LogP contribution is -2.19. The second kappa shape index (κ2) is 6.02. The van der Waals surface area contributed by atoms with Crippen LogP contribution in [0.1, 0.15) is 23.8 Å². The molecule has 0 aliphatic rings. The molecule has 0 saturated carbocycles. The molecule has 0 fully saturated rings. The summed E-state index contributed by atoms with van der Waals surface area (Å²) >= 11 is 5.45. The molecule has 0 aliphatic carbocycles. The van der Waals surface area contributed by atoms with Gasteiger partial charge in [0, 0.05) is 12.1 Å². The first kappa shape index (κ1) is 12.4. The number of pyridine rings is 1. The van der Waals surface area contributed by atoms with Gasteiger partial charge in [-0.05, 0) is 18.1 Å². The van der Waals surface area contributed by atoms with Gasteiger partial charge in [0.25, 0.3) is 0 Å². The second-order valence-electron chi connectivity index (χ2n) is 3.24. The highest BCUT2D eigenvalue weighted by Crippen LogP contribution is 2.17. The van der Waals surface area contributed by atoms with Gasteiger partial charge in [0.15, 0.2) is 0 Å². The number of aliphatic hydroxyl groups excluding tert-OH is 3. The Balaban J connectivity index is 2.69. The fourth-order valence-corrected chi connectivity index (χ4v) is 1.39. The van der Waals surface area contributed by atoms with Gasteiger partial charge >= 0.3 is 0 Å². The fraction of sp³-hybridized carbons (Fsp3) is 0.500. The van der Waals surface area contributed by atoms with E-state index in [1.54, 1.807) is 12.1 Å². The molecule has 2 atom stereocenters. The molecule has 15 heavy (non-hydrogen) atoms. The molecule has 1 aromatic heterocycles. The van der Waals surface area contributed by atoms with Crippen molar-refractivity contribution in [3.05, 3.63) is 29.6 Å². The number of hydrogen-bond donors (Lipinski definition) is 3. The molecule has 2 unspecified atom stereocenters. The maximum Gasteiger partial charge on any atom is 0.122 e. The summed E-state index contributed by atoms with van der Waals surface area (Å²) in [5, 5.41) is 27.9. The lowest BCUT2D eigenvalue weighted by molar-refractivity contribution is 0.0144. The third kappa shape index (κ3) is 3.43. The number of aliphatic hydroxyl groups is 3. The lowest BCUT2D eigenvalue weighted by Gasteiger charge is -2.16. The average molecular weight is 232 g/mol. The van der Waals surface area contributed by atoms with Crippen LogP contribution < -0.4 is 0 Å². The van der Waals surface area contributed by atoms with Crippen molar-refractivity contribution in [1.29, 1.82) is 0 Å². The molecule has 4 nitrogen and oxygen atoms in total. The van der Waals surface area contributed by atoms with Gasteiger partial charge < -0.3 is 15.3 Å². The van der Waals surface area contributed by atoms with Crippen LogP contribution >= 0.6 is 11.6 Å². The summed E-state index contributed by atoms with van der Waals surface area (Å²) in [4.78, 5) is 3.94. The Morgan fingerprint density at radius 1 is 1.33 bits per heavy atom. The van der Waals surface area contributed by atoms with E-state index in [0.29, 0.717) is 17.7 Å². The molecule has 0 bridgehead atoms. The summed E-state index contributed by atoms with van der Waals surface area (Å²) < 4.78 is 0. The molecule has 0 radical (unpaired) electrons. The van der Waals surface area contributed by atoms with Crippen molar-refractivity contribution in [3.63, 3.8) is 0 Å². The molecule has 0 saturated heterocycles. The van der Waals surface area contributed by atoms with Crippen molar-refractivity contribution >= 4 is 11.6 Å². The molecule has 0 amide bonds. The van der Waals surface area contributed by atoms with Gasteiger partial charge in [0.2, 0.25) is 0 Å². The third-order valence-electron chi connectivity index (χ3n) is 2.10. The number of nitrogens with zero attached hydrogens (tertiary/aromatic N) is 1. The molecule has 3 N–H and O–H groups in total. The van der Waals surface area contributed by atoms with Crippen molar-refractivity contribution < 1.29 is 15.3 Å². The molecule has 0 aromatic carbocycles. The van der Waals surface area contributed by atoms with Gasteiger partial charge in [0.1, 0.15) is 6.10 Å². The number of aromatic nitrogens is 1. The van der Waals surface area contributed by atoms with Crippen LogP contribution in [0.2, 0.25) is 0 Å². The van der Waals surface area contributed by atoms with Crippen LogP contribution in [-0.4, -0.2) is 32.3 Å². The molecule has 1 heterocycles. The average Bonchev–Trinajstić information content (AvgIpc) is 2.28. The van der Waals surface area contributed by atoms with E-state index in [1.165, 1.54) is 6.20 Å². The minimum Gasteiger partial charge on any atom is -0.392 e. The molecular weight excluding hydrogens is 218 g/mol. The SMILES string of the molecule is OCc1ccc(C(O)C(O)CCCl)nc1. The summed E-state index contributed by atoms with van der Waals surface area (Å²) in [5.41, 5.74) is 1.04. The smallest absolute Gasteiger partial charge is 0.122 e. The predicted molar refractivity (Wildman–Crippen MR) is 56.5 cm³/mol. The quantitative estimate of drug-likeness (QED) is 0.649. The van der Waals surface area contributed by atoms with E-state index >= 15 is 0 Å². The maximum absolute atomic E-state index is 9.65. The summed E-state index contributed by atoms with van der Waals surface area (Å²) in [6, 6.07) is 3.23. The maximum atomic E-state index is 9.65. The van der Waals surface area contributed by atoms with Gasteiger partial charge in [-0.1, -0.05) is 6.07 Å².